The van der Waals surface area contributed by atoms with Gasteiger partial charge in [0.1, 0.15) is 6.04 Å². The molecule has 0 aromatic heterocycles. The molecule has 1 heterocycles. The first-order valence-electron chi connectivity index (χ1n) is 5.77. The summed E-state index contributed by atoms with van der Waals surface area (Å²) in [6, 6.07) is 7.97. The summed E-state index contributed by atoms with van der Waals surface area (Å²) in [5, 5.41) is 9.18. The summed E-state index contributed by atoms with van der Waals surface area (Å²) in [5.74, 6) is 1.01. The van der Waals surface area contributed by atoms with Crippen molar-refractivity contribution in [3.63, 3.8) is 0 Å². The van der Waals surface area contributed by atoms with Gasteiger partial charge in [0.15, 0.2) is 0 Å². The van der Waals surface area contributed by atoms with Gasteiger partial charge in [-0.3, -0.25) is 9.69 Å². The lowest BCUT2D eigenvalue weighted by Gasteiger charge is -2.32. The van der Waals surface area contributed by atoms with Gasteiger partial charge in [-0.25, -0.2) is 0 Å². The van der Waals surface area contributed by atoms with Crippen LogP contribution in [-0.4, -0.2) is 40.1 Å². The predicted molar refractivity (Wildman–Crippen MR) is 70.3 cm³/mol. The van der Waals surface area contributed by atoms with Crippen molar-refractivity contribution >= 4 is 17.7 Å². The molecule has 0 aliphatic carbocycles. The van der Waals surface area contributed by atoms with Crippen molar-refractivity contribution in [3.8, 4) is 0 Å². The van der Waals surface area contributed by atoms with Gasteiger partial charge in [-0.1, -0.05) is 29.8 Å². The average molecular weight is 251 g/mol. The van der Waals surface area contributed by atoms with Crippen LogP contribution in [-0.2, 0) is 11.3 Å². The van der Waals surface area contributed by atoms with Crippen molar-refractivity contribution in [2.24, 2.45) is 0 Å². The second-order valence-electron chi connectivity index (χ2n) is 4.39. The lowest BCUT2D eigenvalue weighted by molar-refractivity contribution is -0.142. The Hall–Kier alpha value is -1.00. The Morgan fingerprint density at radius 1 is 1.47 bits per heavy atom. The van der Waals surface area contributed by atoms with E-state index in [1.165, 1.54) is 11.1 Å². The van der Waals surface area contributed by atoms with Crippen molar-refractivity contribution in [2.45, 2.75) is 19.5 Å². The number of aryl methyl sites for hydroxylation is 1. The van der Waals surface area contributed by atoms with Crippen LogP contribution in [0, 0.1) is 6.92 Å². The van der Waals surface area contributed by atoms with E-state index in [0.29, 0.717) is 5.75 Å². The number of hydrogen-bond donors (Lipinski definition) is 1. The summed E-state index contributed by atoms with van der Waals surface area (Å²) >= 11 is 1.73. The summed E-state index contributed by atoms with van der Waals surface area (Å²) in [6.07, 6.45) is 0. The van der Waals surface area contributed by atoms with Crippen LogP contribution in [0.15, 0.2) is 24.3 Å². The molecule has 3 nitrogen and oxygen atoms in total. The van der Waals surface area contributed by atoms with Crippen molar-refractivity contribution < 1.29 is 9.90 Å². The van der Waals surface area contributed by atoms with E-state index in [4.69, 9.17) is 0 Å². The summed E-state index contributed by atoms with van der Waals surface area (Å²) in [4.78, 5) is 13.2. The number of thioether (sulfide) groups is 1. The normalized spacial score (nSPS) is 21.4. The molecule has 1 aliphatic rings. The number of hydrogen-bond acceptors (Lipinski definition) is 3. The predicted octanol–water partition coefficient (Wildman–Crippen LogP) is 2.00. The molecule has 0 radical (unpaired) electrons. The highest BCUT2D eigenvalue weighted by Crippen LogP contribution is 2.19. The van der Waals surface area contributed by atoms with Crippen LogP contribution >= 0.6 is 11.8 Å². The Bertz CT molecular complexity index is 391. The molecule has 1 fully saturated rings. The molecule has 1 atom stereocenters. The monoisotopic (exact) mass is 251 g/mol. The van der Waals surface area contributed by atoms with Gasteiger partial charge in [-0.05, 0) is 12.5 Å². The number of rotatable bonds is 3. The Morgan fingerprint density at radius 2 is 2.18 bits per heavy atom. The minimum absolute atomic E-state index is 0.338. The van der Waals surface area contributed by atoms with Crippen LogP contribution in [0.1, 0.15) is 11.1 Å². The van der Waals surface area contributed by atoms with Crippen molar-refractivity contribution in [1.29, 1.82) is 0 Å². The van der Waals surface area contributed by atoms with Gasteiger partial charge < -0.3 is 5.11 Å². The molecule has 1 aliphatic heterocycles. The maximum atomic E-state index is 11.2. The molecule has 1 aromatic rings. The SMILES string of the molecule is Cc1ccc(CN2CCSCC2C(=O)O)cc1. The van der Waals surface area contributed by atoms with Crippen molar-refractivity contribution in [1.82, 2.24) is 4.90 Å². The molecular weight excluding hydrogens is 234 g/mol. The van der Waals surface area contributed by atoms with Gasteiger partial charge in [0.05, 0.1) is 0 Å². The highest BCUT2D eigenvalue weighted by Gasteiger charge is 2.28. The highest BCUT2D eigenvalue weighted by molar-refractivity contribution is 7.99. The topological polar surface area (TPSA) is 40.5 Å². The fourth-order valence-corrected chi connectivity index (χ4v) is 3.09. The van der Waals surface area contributed by atoms with Gasteiger partial charge in [-0.2, -0.15) is 11.8 Å². The minimum Gasteiger partial charge on any atom is -0.480 e. The Balaban J connectivity index is 2.05. The van der Waals surface area contributed by atoms with E-state index in [2.05, 4.69) is 36.1 Å². The van der Waals surface area contributed by atoms with Crippen LogP contribution < -0.4 is 0 Å². The lowest BCUT2D eigenvalue weighted by atomic mass is 10.1. The molecule has 17 heavy (non-hydrogen) atoms. The Kier molecular flexibility index (Phi) is 4.07. The van der Waals surface area contributed by atoms with E-state index in [0.717, 1.165) is 18.8 Å². The summed E-state index contributed by atoms with van der Waals surface area (Å²) < 4.78 is 0. The molecule has 1 N–H and O–H groups in total. The van der Waals surface area contributed by atoms with Gasteiger partial charge in [-0.15, -0.1) is 0 Å². The molecule has 1 unspecified atom stereocenters. The summed E-state index contributed by atoms with van der Waals surface area (Å²) in [5.41, 5.74) is 2.42. The van der Waals surface area contributed by atoms with Crippen molar-refractivity contribution in [2.75, 3.05) is 18.1 Å². The number of carbonyl (C=O) groups is 1. The van der Waals surface area contributed by atoms with Crippen LogP contribution in [0.5, 0.6) is 0 Å². The number of carboxylic acids is 1. The van der Waals surface area contributed by atoms with E-state index >= 15 is 0 Å². The van der Waals surface area contributed by atoms with Crippen LogP contribution in [0.4, 0.5) is 0 Å². The molecule has 1 aromatic carbocycles. The fourth-order valence-electron chi connectivity index (χ4n) is 1.98. The minimum atomic E-state index is -0.704. The van der Waals surface area contributed by atoms with E-state index in [9.17, 15) is 9.90 Å². The first-order valence-corrected chi connectivity index (χ1v) is 6.92. The second kappa shape index (κ2) is 5.56. The lowest BCUT2D eigenvalue weighted by Crippen LogP contribution is -2.46. The number of benzene rings is 1. The van der Waals surface area contributed by atoms with E-state index in [1.807, 2.05) is 0 Å². The standard InChI is InChI=1S/C13H17NO2S/c1-10-2-4-11(5-3-10)8-14-6-7-17-9-12(14)13(15)16/h2-5,12H,6-9H2,1H3,(H,15,16). The van der Waals surface area contributed by atoms with E-state index < -0.39 is 5.97 Å². The first kappa shape index (κ1) is 12.5. The smallest absolute Gasteiger partial charge is 0.321 e. The van der Waals surface area contributed by atoms with Gasteiger partial charge in [0.25, 0.3) is 0 Å². The molecule has 0 spiro atoms. The zero-order valence-electron chi connectivity index (χ0n) is 9.93. The third-order valence-electron chi connectivity index (χ3n) is 3.03. The van der Waals surface area contributed by atoms with E-state index in [-0.39, 0.29) is 6.04 Å². The molecule has 0 bridgehead atoms. The molecule has 0 saturated carbocycles. The summed E-state index contributed by atoms with van der Waals surface area (Å²) in [6.45, 7) is 3.65. The largest absolute Gasteiger partial charge is 0.480 e. The first-order chi connectivity index (χ1) is 8.16. The number of carboxylic acid groups (broad SMARTS) is 1. The summed E-state index contributed by atoms with van der Waals surface area (Å²) in [7, 11) is 0. The molecular formula is C13H17NO2S. The van der Waals surface area contributed by atoms with Gasteiger partial charge >= 0.3 is 5.97 Å². The zero-order valence-corrected chi connectivity index (χ0v) is 10.7. The molecule has 0 amide bonds. The quantitative estimate of drug-likeness (QED) is 0.892. The molecule has 92 valence electrons. The molecule has 1 saturated heterocycles. The van der Waals surface area contributed by atoms with Crippen molar-refractivity contribution in [3.05, 3.63) is 35.4 Å². The third kappa shape index (κ3) is 3.23. The van der Waals surface area contributed by atoms with Gasteiger partial charge in [0, 0.05) is 24.6 Å². The number of nitrogens with zero attached hydrogens (tertiary/aromatic N) is 1. The third-order valence-corrected chi connectivity index (χ3v) is 4.05. The second-order valence-corrected chi connectivity index (χ2v) is 5.53. The van der Waals surface area contributed by atoms with Crippen LogP contribution in [0.3, 0.4) is 0 Å². The molecule has 4 heteroatoms. The Morgan fingerprint density at radius 3 is 2.82 bits per heavy atom. The van der Waals surface area contributed by atoms with Gasteiger partial charge in [0.2, 0.25) is 0 Å². The highest BCUT2D eigenvalue weighted by atomic mass is 32.2. The Labute approximate surface area is 106 Å². The van der Waals surface area contributed by atoms with Crippen LogP contribution in [0.2, 0.25) is 0 Å². The maximum absolute atomic E-state index is 11.2. The average Bonchev–Trinajstić information content (AvgIpc) is 2.32. The van der Waals surface area contributed by atoms with E-state index in [1.54, 1.807) is 11.8 Å². The van der Waals surface area contributed by atoms with Crippen LogP contribution in [0.25, 0.3) is 0 Å². The fraction of sp³-hybridized carbons (Fsp3) is 0.462. The number of aliphatic carboxylic acids is 1. The maximum Gasteiger partial charge on any atom is 0.321 e. The molecule has 2 rings (SSSR count). The zero-order chi connectivity index (χ0) is 12.3.